The Hall–Kier alpha value is -1.32. The monoisotopic (exact) mass is 290 g/mol. The van der Waals surface area contributed by atoms with Gasteiger partial charge in [-0.3, -0.25) is 0 Å². The van der Waals surface area contributed by atoms with E-state index in [-0.39, 0.29) is 0 Å². The molecule has 0 aliphatic heterocycles. The molecule has 1 aliphatic carbocycles. The molecule has 1 heterocycles. The molecule has 106 valence electrons. The van der Waals surface area contributed by atoms with Crippen LogP contribution in [0.5, 0.6) is 0 Å². The van der Waals surface area contributed by atoms with Gasteiger partial charge in [0.15, 0.2) is 11.7 Å². The Bertz CT molecular complexity index is 590. The third-order valence-corrected chi connectivity index (χ3v) is 3.99. The van der Waals surface area contributed by atoms with Crippen LogP contribution in [0.1, 0.15) is 30.7 Å². The zero-order valence-corrected chi connectivity index (χ0v) is 12.4. The first-order valence-corrected chi connectivity index (χ1v) is 7.55. The summed E-state index contributed by atoms with van der Waals surface area (Å²) in [5, 5.41) is 4.25. The lowest BCUT2D eigenvalue weighted by molar-refractivity contribution is 0.491. The molecule has 1 fully saturated rings. The fraction of sp³-hybridized carbons (Fsp3) is 0.438. The lowest BCUT2D eigenvalue weighted by Crippen LogP contribution is -2.17. The van der Waals surface area contributed by atoms with E-state index < -0.39 is 0 Å². The van der Waals surface area contributed by atoms with Gasteiger partial charge in [-0.1, -0.05) is 23.7 Å². The van der Waals surface area contributed by atoms with E-state index in [1.54, 1.807) is 6.20 Å². The Morgan fingerprint density at radius 2 is 2.25 bits per heavy atom. The van der Waals surface area contributed by atoms with Crippen molar-refractivity contribution in [1.29, 1.82) is 0 Å². The fourth-order valence-electron chi connectivity index (χ4n) is 2.14. The van der Waals surface area contributed by atoms with Gasteiger partial charge in [-0.2, -0.15) is 0 Å². The summed E-state index contributed by atoms with van der Waals surface area (Å²) in [5.41, 5.74) is 2.05. The van der Waals surface area contributed by atoms with E-state index in [0.717, 1.165) is 53.2 Å². The number of rotatable bonds is 6. The molecule has 3 rings (SSSR count). The Morgan fingerprint density at radius 1 is 1.40 bits per heavy atom. The Kier molecular flexibility index (Phi) is 4.08. The zero-order chi connectivity index (χ0) is 13.9. The fourth-order valence-corrected chi connectivity index (χ4v) is 2.32. The topological polar surface area (TPSA) is 38.1 Å². The second-order valence-corrected chi connectivity index (χ2v) is 5.82. The highest BCUT2D eigenvalue weighted by atomic mass is 35.5. The average molecular weight is 291 g/mol. The van der Waals surface area contributed by atoms with Crippen LogP contribution in [0.2, 0.25) is 5.02 Å². The van der Waals surface area contributed by atoms with E-state index in [0.29, 0.717) is 0 Å². The van der Waals surface area contributed by atoms with Crippen LogP contribution in [0.3, 0.4) is 0 Å². The lowest BCUT2D eigenvalue weighted by Gasteiger charge is -2.01. The molecule has 1 N–H and O–H groups in total. The Labute approximate surface area is 124 Å². The van der Waals surface area contributed by atoms with Gasteiger partial charge in [0.05, 0.1) is 6.20 Å². The first kappa shape index (κ1) is 13.7. The molecule has 1 aromatic heterocycles. The maximum Gasteiger partial charge on any atom is 0.194 e. The molecule has 0 spiro atoms. The molecule has 0 amide bonds. The number of nitrogens with one attached hydrogen (secondary N) is 1. The maximum absolute atomic E-state index is 6.14. The van der Waals surface area contributed by atoms with Crippen molar-refractivity contribution >= 4 is 11.6 Å². The summed E-state index contributed by atoms with van der Waals surface area (Å²) in [5.74, 6) is 1.59. The predicted octanol–water partition coefficient (Wildman–Crippen LogP) is 3.99. The highest BCUT2D eigenvalue weighted by Crippen LogP contribution is 2.26. The van der Waals surface area contributed by atoms with Crippen molar-refractivity contribution in [3.8, 4) is 11.3 Å². The third-order valence-electron chi connectivity index (χ3n) is 3.59. The van der Waals surface area contributed by atoms with Crippen molar-refractivity contribution in [1.82, 2.24) is 10.3 Å². The molecule has 20 heavy (non-hydrogen) atoms. The van der Waals surface area contributed by atoms with E-state index in [1.165, 1.54) is 12.8 Å². The largest absolute Gasteiger partial charge is 0.441 e. The molecule has 0 bridgehead atoms. The summed E-state index contributed by atoms with van der Waals surface area (Å²) >= 11 is 6.14. The molecule has 0 saturated heterocycles. The summed E-state index contributed by atoms with van der Waals surface area (Å²) in [7, 11) is 0. The van der Waals surface area contributed by atoms with Gasteiger partial charge in [-0.05, 0) is 44.4 Å². The smallest absolute Gasteiger partial charge is 0.194 e. The highest BCUT2D eigenvalue weighted by molar-refractivity contribution is 6.31. The van der Waals surface area contributed by atoms with E-state index in [4.69, 9.17) is 16.0 Å². The van der Waals surface area contributed by atoms with Crippen LogP contribution >= 0.6 is 11.6 Å². The van der Waals surface area contributed by atoms with Crippen molar-refractivity contribution in [2.75, 3.05) is 6.54 Å². The van der Waals surface area contributed by atoms with Gasteiger partial charge in [-0.15, -0.1) is 0 Å². The van der Waals surface area contributed by atoms with Crippen LogP contribution < -0.4 is 5.32 Å². The Balaban J connectivity index is 1.58. The third kappa shape index (κ3) is 3.41. The number of nitrogens with zero attached hydrogens (tertiary/aromatic N) is 1. The number of hydrogen-bond acceptors (Lipinski definition) is 3. The van der Waals surface area contributed by atoms with Crippen LogP contribution in [-0.2, 0) is 6.42 Å². The second-order valence-electron chi connectivity index (χ2n) is 5.41. The van der Waals surface area contributed by atoms with Crippen molar-refractivity contribution in [2.45, 2.75) is 38.6 Å². The standard InChI is InChI=1S/C16H19ClN2O/c1-11-4-5-12(9-14(11)17)15-10-19-16(20-15)3-2-8-18-13-6-7-13/h4-5,9-10,13,18H,2-3,6-8H2,1H3. The minimum absolute atomic E-state index is 0.758. The van der Waals surface area contributed by atoms with Gasteiger partial charge in [0, 0.05) is 23.0 Å². The Morgan fingerprint density at radius 3 is 3.00 bits per heavy atom. The normalized spacial score (nSPS) is 14.7. The first-order chi connectivity index (χ1) is 9.72. The minimum atomic E-state index is 0.758. The van der Waals surface area contributed by atoms with Crippen LogP contribution in [0.25, 0.3) is 11.3 Å². The van der Waals surface area contributed by atoms with Crippen LogP contribution in [0.4, 0.5) is 0 Å². The van der Waals surface area contributed by atoms with Gasteiger partial charge in [-0.25, -0.2) is 4.98 Å². The average Bonchev–Trinajstić information content (AvgIpc) is 3.15. The van der Waals surface area contributed by atoms with E-state index in [2.05, 4.69) is 10.3 Å². The minimum Gasteiger partial charge on any atom is -0.441 e. The molecule has 3 nitrogen and oxygen atoms in total. The summed E-state index contributed by atoms with van der Waals surface area (Å²) < 4.78 is 5.79. The molecule has 1 aliphatic rings. The van der Waals surface area contributed by atoms with E-state index >= 15 is 0 Å². The summed E-state index contributed by atoms with van der Waals surface area (Å²) in [6, 6.07) is 6.71. The van der Waals surface area contributed by atoms with Crippen molar-refractivity contribution in [3.63, 3.8) is 0 Å². The predicted molar refractivity (Wildman–Crippen MR) is 81.0 cm³/mol. The molecule has 0 radical (unpaired) electrons. The van der Waals surface area contributed by atoms with Crippen molar-refractivity contribution in [2.24, 2.45) is 0 Å². The molecular formula is C16H19ClN2O. The number of halogens is 1. The number of oxazole rings is 1. The summed E-state index contributed by atoms with van der Waals surface area (Å²) in [6.45, 7) is 3.03. The van der Waals surface area contributed by atoms with Crippen molar-refractivity contribution < 1.29 is 4.42 Å². The molecule has 1 saturated carbocycles. The molecule has 4 heteroatoms. The molecule has 0 unspecified atom stereocenters. The summed E-state index contributed by atoms with van der Waals surface area (Å²) in [6.07, 6.45) is 6.38. The van der Waals surface area contributed by atoms with Gasteiger partial charge in [0.2, 0.25) is 0 Å². The molecule has 1 aromatic carbocycles. The van der Waals surface area contributed by atoms with Crippen LogP contribution in [0.15, 0.2) is 28.8 Å². The molecular weight excluding hydrogens is 272 g/mol. The highest BCUT2D eigenvalue weighted by Gasteiger charge is 2.19. The zero-order valence-electron chi connectivity index (χ0n) is 11.7. The van der Waals surface area contributed by atoms with Crippen molar-refractivity contribution in [3.05, 3.63) is 40.9 Å². The summed E-state index contributed by atoms with van der Waals surface area (Å²) in [4.78, 5) is 4.34. The van der Waals surface area contributed by atoms with Gasteiger partial charge >= 0.3 is 0 Å². The van der Waals surface area contributed by atoms with Gasteiger partial charge < -0.3 is 9.73 Å². The SMILES string of the molecule is Cc1ccc(-c2cnc(CCCNC3CC3)o2)cc1Cl. The van der Waals surface area contributed by atoms with E-state index in [1.807, 2.05) is 25.1 Å². The quantitative estimate of drug-likeness (QED) is 0.818. The van der Waals surface area contributed by atoms with Gasteiger partial charge in [0.25, 0.3) is 0 Å². The number of hydrogen-bond donors (Lipinski definition) is 1. The molecule has 0 atom stereocenters. The first-order valence-electron chi connectivity index (χ1n) is 7.17. The van der Waals surface area contributed by atoms with Crippen LogP contribution in [-0.4, -0.2) is 17.6 Å². The second kappa shape index (κ2) is 5.98. The maximum atomic E-state index is 6.14. The van der Waals surface area contributed by atoms with Gasteiger partial charge in [0.1, 0.15) is 0 Å². The van der Waals surface area contributed by atoms with Crippen LogP contribution in [0, 0.1) is 6.92 Å². The molecule has 2 aromatic rings. The number of aryl methyl sites for hydroxylation is 2. The lowest BCUT2D eigenvalue weighted by atomic mass is 10.1. The van der Waals surface area contributed by atoms with E-state index in [9.17, 15) is 0 Å². The number of aromatic nitrogens is 1. The number of benzene rings is 1.